The van der Waals surface area contributed by atoms with Crippen molar-refractivity contribution in [3.63, 3.8) is 0 Å². The van der Waals surface area contributed by atoms with Gasteiger partial charge in [0.25, 0.3) is 0 Å². The van der Waals surface area contributed by atoms with Gasteiger partial charge in [-0.15, -0.1) is 0 Å². The van der Waals surface area contributed by atoms with Gasteiger partial charge in [-0.05, 0) is 25.8 Å². The zero-order chi connectivity index (χ0) is 27.6. The van der Waals surface area contributed by atoms with Crippen LogP contribution in [-0.4, -0.2) is 5.78 Å². The highest BCUT2D eigenvalue weighted by molar-refractivity contribution is 5.87. The number of hydrogen-bond acceptors (Lipinski definition) is 1. The van der Waals surface area contributed by atoms with Crippen molar-refractivity contribution in [3.05, 3.63) is 24.3 Å². The Kier molecular flexibility index (Phi) is 33.4. The average molecular weight is 531 g/mol. The van der Waals surface area contributed by atoms with Crippen LogP contribution in [0.3, 0.4) is 0 Å². The number of carbonyl (C=O) groups excluding carboxylic acids is 1. The number of ketones is 1. The van der Waals surface area contributed by atoms with Gasteiger partial charge in [-0.3, -0.25) is 4.79 Å². The van der Waals surface area contributed by atoms with E-state index in [1.807, 2.05) is 12.2 Å². The Morgan fingerprint density at radius 1 is 0.395 bits per heavy atom. The lowest BCUT2D eigenvalue weighted by molar-refractivity contribution is -0.112. The van der Waals surface area contributed by atoms with Crippen molar-refractivity contribution in [1.82, 2.24) is 0 Å². The molecule has 0 aliphatic rings. The lowest BCUT2D eigenvalue weighted by Gasteiger charge is -2.04. The lowest BCUT2D eigenvalue weighted by Crippen LogP contribution is -1.85. The lowest BCUT2D eigenvalue weighted by atomic mass is 10.0. The van der Waals surface area contributed by atoms with Crippen molar-refractivity contribution < 1.29 is 4.79 Å². The Bertz CT molecular complexity index is 503. The Balaban J connectivity index is 3.07. The van der Waals surface area contributed by atoms with Gasteiger partial charge in [0.05, 0.1) is 0 Å². The fourth-order valence-corrected chi connectivity index (χ4v) is 5.47. The van der Waals surface area contributed by atoms with Gasteiger partial charge in [0, 0.05) is 0 Å². The Morgan fingerprint density at radius 3 is 0.921 bits per heavy atom. The molecule has 224 valence electrons. The second-order valence-corrected chi connectivity index (χ2v) is 12.1. The predicted octanol–water partition coefficient (Wildman–Crippen LogP) is 13.4. The van der Waals surface area contributed by atoms with Gasteiger partial charge < -0.3 is 0 Å². The minimum atomic E-state index is 0.121. The standard InChI is InChI=1S/C37H70O/c1-3-4-5-6-7-8-9-10-11-12-13-14-15-16-17-18-19-20-21-22-23-24-25-26-27-28-29-30-31-32-33-34-35-36-37(2)38/h33-36H,3-32H2,1-2H3. The Morgan fingerprint density at radius 2 is 0.658 bits per heavy atom. The summed E-state index contributed by atoms with van der Waals surface area (Å²) in [6.45, 7) is 3.89. The molecule has 0 radical (unpaired) electrons. The summed E-state index contributed by atoms with van der Waals surface area (Å²) in [6, 6.07) is 0. The van der Waals surface area contributed by atoms with E-state index in [-0.39, 0.29) is 5.78 Å². The zero-order valence-electron chi connectivity index (χ0n) is 26.4. The molecule has 0 aromatic carbocycles. The normalized spacial score (nSPS) is 11.8. The molecule has 0 atom stereocenters. The number of rotatable bonds is 32. The first-order chi connectivity index (χ1) is 18.8. The van der Waals surface area contributed by atoms with Gasteiger partial charge in [0.1, 0.15) is 0 Å². The first kappa shape index (κ1) is 37.1. The van der Waals surface area contributed by atoms with Crippen LogP contribution in [0.1, 0.15) is 206 Å². The molecule has 0 amide bonds. The van der Waals surface area contributed by atoms with E-state index >= 15 is 0 Å². The first-order valence-electron chi connectivity index (χ1n) is 17.6. The second-order valence-electron chi connectivity index (χ2n) is 12.1. The van der Waals surface area contributed by atoms with Crippen molar-refractivity contribution in [2.24, 2.45) is 0 Å². The van der Waals surface area contributed by atoms with Crippen LogP contribution in [0.5, 0.6) is 0 Å². The predicted molar refractivity (Wildman–Crippen MR) is 173 cm³/mol. The second kappa shape index (κ2) is 34.2. The number of unbranched alkanes of at least 4 members (excludes halogenated alkanes) is 29. The molecule has 0 aliphatic carbocycles. The van der Waals surface area contributed by atoms with Crippen LogP contribution >= 0.6 is 0 Å². The van der Waals surface area contributed by atoms with E-state index in [0.717, 1.165) is 6.42 Å². The van der Waals surface area contributed by atoms with Crippen molar-refractivity contribution in [1.29, 1.82) is 0 Å². The minimum Gasteiger partial charge on any atom is -0.295 e. The van der Waals surface area contributed by atoms with Crippen molar-refractivity contribution in [2.45, 2.75) is 206 Å². The molecule has 1 heteroatoms. The van der Waals surface area contributed by atoms with E-state index < -0.39 is 0 Å². The van der Waals surface area contributed by atoms with Gasteiger partial charge in [0.2, 0.25) is 0 Å². The van der Waals surface area contributed by atoms with Crippen LogP contribution in [-0.2, 0) is 4.79 Å². The Hall–Kier alpha value is -0.850. The molecule has 0 unspecified atom stereocenters. The van der Waals surface area contributed by atoms with E-state index in [1.54, 1.807) is 13.0 Å². The fourth-order valence-electron chi connectivity index (χ4n) is 5.47. The van der Waals surface area contributed by atoms with Gasteiger partial charge >= 0.3 is 0 Å². The third-order valence-corrected chi connectivity index (χ3v) is 8.05. The summed E-state index contributed by atoms with van der Waals surface area (Å²) in [6.07, 6.45) is 50.9. The van der Waals surface area contributed by atoms with E-state index in [9.17, 15) is 4.79 Å². The van der Waals surface area contributed by atoms with Crippen LogP contribution in [0.4, 0.5) is 0 Å². The van der Waals surface area contributed by atoms with Crippen molar-refractivity contribution >= 4 is 5.78 Å². The summed E-state index contributed by atoms with van der Waals surface area (Å²) in [4.78, 5) is 10.8. The summed E-state index contributed by atoms with van der Waals surface area (Å²) in [5.74, 6) is 0.121. The molecule has 0 bridgehead atoms. The molecule has 0 heterocycles. The van der Waals surface area contributed by atoms with E-state index in [2.05, 4.69) is 13.0 Å². The summed E-state index contributed by atoms with van der Waals surface area (Å²) < 4.78 is 0. The monoisotopic (exact) mass is 531 g/mol. The highest BCUT2D eigenvalue weighted by Gasteiger charge is 1.96. The molecule has 1 nitrogen and oxygen atoms in total. The Labute approximate surface area is 241 Å². The van der Waals surface area contributed by atoms with Crippen LogP contribution in [0.15, 0.2) is 24.3 Å². The maximum atomic E-state index is 10.8. The largest absolute Gasteiger partial charge is 0.295 e. The van der Waals surface area contributed by atoms with Gasteiger partial charge in [-0.2, -0.15) is 0 Å². The fraction of sp³-hybridized carbons (Fsp3) is 0.865. The molecule has 0 aliphatic heterocycles. The average Bonchev–Trinajstić information content (AvgIpc) is 2.91. The third-order valence-electron chi connectivity index (χ3n) is 8.05. The van der Waals surface area contributed by atoms with E-state index in [0.29, 0.717) is 0 Å². The van der Waals surface area contributed by atoms with Crippen LogP contribution in [0.25, 0.3) is 0 Å². The maximum Gasteiger partial charge on any atom is 0.152 e. The summed E-state index contributed by atoms with van der Waals surface area (Å²) >= 11 is 0. The van der Waals surface area contributed by atoms with Crippen LogP contribution < -0.4 is 0 Å². The minimum absolute atomic E-state index is 0.121. The quantitative estimate of drug-likeness (QED) is 0.0480. The smallest absolute Gasteiger partial charge is 0.152 e. The summed E-state index contributed by atoms with van der Waals surface area (Å²) in [5, 5.41) is 0. The topological polar surface area (TPSA) is 17.1 Å². The van der Waals surface area contributed by atoms with Crippen LogP contribution in [0.2, 0.25) is 0 Å². The molecule has 0 aromatic rings. The van der Waals surface area contributed by atoms with Gasteiger partial charge in [0.15, 0.2) is 5.78 Å². The molecule has 0 rings (SSSR count). The third kappa shape index (κ3) is 35.2. The first-order valence-corrected chi connectivity index (χ1v) is 17.6. The number of carbonyl (C=O) groups is 1. The molecular weight excluding hydrogens is 460 g/mol. The molecule has 0 aromatic heterocycles. The highest BCUT2D eigenvalue weighted by Crippen LogP contribution is 2.16. The number of allylic oxidation sites excluding steroid dienone is 4. The molecule has 0 spiro atoms. The summed E-state index contributed by atoms with van der Waals surface area (Å²) in [7, 11) is 0. The van der Waals surface area contributed by atoms with Gasteiger partial charge in [-0.25, -0.2) is 0 Å². The van der Waals surface area contributed by atoms with E-state index in [4.69, 9.17) is 0 Å². The highest BCUT2D eigenvalue weighted by atomic mass is 16.1. The van der Waals surface area contributed by atoms with Gasteiger partial charge in [-0.1, -0.05) is 205 Å². The molecule has 0 N–H and O–H groups in total. The molecule has 0 fully saturated rings. The van der Waals surface area contributed by atoms with Crippen molar-refractivity contribution in [2.75, 3.05) is 0 Å². The maximum absolute atomic E-state index is 10.8. The van der Waals surface area contributed by atoms with Crippen molar-refractivity contribution in [3.8, 4) is 0 Å². The SMILES string of the molecule is CCCCCCCCCCCCCCCCCCCCCCCCCCCCCCCC=CC=CC(C)=O. The zero-order valence-corrected chi connectivity index (χ0v) is 26.4. The molecule has 38 heavy (non-hydrogen) atoms. The molecule has 0 saturated carbocycles. The number of hydrogen-bond donors (Lipinski definition) is 0. The summed E-state index contributed by atoms with van der Waals surface area (Å²) in [5.41, 5.74) is 0. The van der Waals surface area contributed by atoms with Crippen LogP contribution in [0, 0.1) is 0 Å². The molecular formula is C37H70O. The van der Waals surface area contributed by atoms with E-state index in [1.165, 1.54) is 186 Å². The molecule has 0 saturated heterocycles.